The lowest BCUT2D eigenvalue weighted by atomic mass is 9.86. The molecule has 1 aromatic carbocycles. The Morgan fingerprint density at radius 3 is 2.83 bits per heavy atom. The molecule has 1 spiro atoms. The largest absolute Gasteiger partial charge is 0.369 e. The fraction of sp³-hybridized carbons (Fsp3) is 0.444. The van der Waals surface area contributed by atoms with Crippen LogP contribution in [-0.2, 0) is 16.8 Å². The molecule has 2 aliphatic rings. The number of rotatable bonds is 1. The monoisotopic (exact) mass is 353 g/mol. The fourth-order valence-electron chi connectivity index (χ4n) is 3.63. The number of fused-ring (bicyclic) bond motifs is 2. The molecule has 0 unspecified atom stereocenters. The van der Waals surface area contributed by atoms with Gasteiger partial charge in [-0.3, -0.25) is 0 Å². The minimum atomic E-state index is -0.128. The summed E-state index contributed by atoms with van der Waals surface area (Å²) in [6.45, 7) is 4.67. The number of ether oxygens (including phenoxy) is 1. The summed E-state index contributed by atoms with van der Waals surface area (Å²) in [7, 11) is 0. The van der Waals surface area contributed by atoms with Gasteiger partial charge in [-0.25, -0.2) is 4.39 Å². The van der Waals surface area contributed by atoms with Crippen LogP contribution in [-0.4, -0.2) is 19.7 Å². The van der Waals surface area contributed by atoms with Crippen LogP contribution in [0.1, 0.15) is 28.8 Å². The van der Waals surface area contributed by atoms with Gasteiger partial charge in [0.15, 0.2) is 0 Å². The van der Waals surface area contributed by atoms with Crippen LogP contribution < -0.4 is 5.32 Å². The Morgan fingerprint density at radius 1 is 1.26 bits per heavy atom. The fourth-order valence-corrected chi connectivity index (χ4v) is 5.12. The van der Waals surface area contributed by atoms with E-state index in [1.54, 1.807) is 17.4 Å². The molecular weight excluding hydrogens is 333 g/mol. The maximum absolute atomic E-state index is 13.9. The van der Waals surface area contributed by atoms with Crippen LogP contribution in [0.25, 0.3) is 10.4 Å². The quantitative estimate of drug-likeness (QED) is 0.818. The first kappa shape index (κ1) is 16.9. The van der Waals surface area contributed by atoms with Gasteiger partial charge in [0.05, 0.1) is 6.61 Å². The second kappa shape index (κ2) is 6.52. The summed E-state index contributed by atoms with van der Waals surface area (Å²) in [6.07, 6.45) is 3.03. The SMILES string of the molecule is Cc1c(F)cccc1-c1cc2c(s1)C1(CCNCC1)OCC2.Cl. The van der Waals surface area contributed by atoms with Crippen LogP contribution in [0.15, 0.2) is 24.3 Å². The lowest BCUT2D eigenvalue weighted by Crippen LogP contribution is -2.43. The van der Waals surface area contributed by atoms with E-state index in [0.717, 1.165) is 50.1 Å². The summed E-state index contributed by atoms with van der Waals surface area (Å²) in [5.41, 5.74) is 3.05. The van der Waals surface area contributed by atoms with Crippen molar-refractivity contribution in [1.29, 1.82) is 0 Å². The molecule has 5 heteroatoms. The van der Waals surface area contributed by atoms with E-state index in [-0.39, 0.29) is 23.8 Å². The van der Waals surface area contributed by atoms with Crippen molar-refractivity contribution in [3.63, 3.8) is 0 Å². The second-order valence-electron chi connectivity index (χ2n) is 6.22. The summed E-state index contributed by atoms with van der Waals surface area (Å²) in [4.78, 5) is 2.55. The Morgan fingerprint density at radius 2 is 2.04 bits per heavy atom. The second-order valence-corrected chi connectivity index (χ2v) is 7.27. The number of nitrogens with one attached hydrogen (secondary N) is 1. The predicted octanol–water partition coefficient (Wildman–Crippen LogP) is 4.44. The van der Waals surface area contributed by atoms with Gasteiger partial charge in [0.25, 0.3) is 0 Å². The normalized spacial score (nSPS) is 19.2. The molecule has 1 N–H and O–H groups in total. The van der Waals surface area contributed by atoms with E-state index < -0.39 is 0 Å². The van der Waals surface area contributed by atoms with Gasteiger partial charge in [-0.1, -0.05) is 12.1 Å². The first-order chi connectivity index (χ1) is 10.7. The van der Waals surface area contributed by atoms with E-state index in [9.17, 15) is 4.39 Å². The van der Waals surface area contributed by atoms with Crippen molar-refractivity contribution < 1.29 is 9.13 Å². The molecule has 3 heterocycles. The smallest absolute Gasteiger partial charge is 0.126 e. The molecule has 2 aliphatic heterocycles. The molecule has 124 valence electrons. The van der Waals surface area contributed by atoms with E-state index in [4.69, 9.17) is 4.74 Å². The van der Waals surface area contributed by atoms with Crippen LogP contribution in [0.5, 0.6) is 0 Å². The van der Waals surface area contributed by atoms with Gasteiger partial charge in [0.2, 0.25) is 0 Å². The summed E-state index contributed by atoms with van der Waals surface area (Å²) >= 11 is 1.80. The molecule has 1 saturated heterocycles. The third kappa shape index (κ3) is 2.82. The molecule has 1 aromatic heterocycles. The minimum absolute atomic E-state index is 0. The summed E-state index contributed by atoms with van der Waals surface area (Å²) in [5.74, 6) is -0.128. The van der Waals surface area contributed by atoms with Crippen LogP contribution in [0.2, 0.25) is 0 Å². The zero-order valence-electron chi connectivity index (χ0n) is 13.2. The Hall–Kier alpha value is -0.940. The van der Waals surface area contributed by atoms with Crippen LogP contribution in [0.3, 0.4) is 0 Å². The van der Waals surface area contributed by atoms with E-state index in [2.05, 4.69) is 11.4 Å². The molecule has 0 bridgehead atoms. The predicted molar refractivity (Wildman–Crippen MR) is 95.1 cm³/mol. The Labute approximate surface area is 146 Å². The lowest BCUT2D eigenvalue weighted by molar-refractivity contribution is -0.0771. The highest BCUT2D eigenvalue weighted by molar-refractivity contribution is 7.15. The number of hydrogen-bond donors (Lipinski definition) is 1. The Balaban J connectivity index is 0.00000156. The highest BCUT2D eigenvalue weighted by atomic mass is 35.5. The van der Waals surface area contributed by atoms with E-state index >= 15 is 0 Å². The van der Waals surface area contributed by atoms with Crippen molar-refractivity contribution >= 4 is 23.7 Å². The molecule has 4 rings (SSSR count). The molecule has 0 radical (unpaired) electrons. The summed E-state index contributed by atoms with van der Waals surface area (Å²) < 4.78 is 20.1. The first-order valence-electron chi connectivity index (χ1n) is 7.93. The number of halogens is 2. The van der Waals surface area contributed by atoms with Gasteiger partial charge >= 0.3 is 0 Å². The van der Waals surface area contributed by atoms with Gasteiger partial charge in [0.1, 0.15) is 11.4 Å². The van der Waals surface area contributed by atoms with E-state index in [1.807, 2.05) is 13.0 Å². The van der Waals surface area contributed by atoms with Gasteiger partial charge in [-0.15, -0.1) is 23.7 Å². The Kier molecular flexibility index (Phi) is 4.79. The average molecular weight is 354 g/mol. The number of thiophene rings is 1. The molecule has 2 aromatic rings. The first-order valence-corrected chi connectivity index (χ1v) is 8.75. The standard InChI is InChI=1S/C18H20FNOS.ClH/c1-12-14(3-2-4-15(12)19)16-11-13-5-10-21-18(17(13)22-16)6-8-20-9-7-18;/h2-4,11,20H,5-10H2,1H3;1H. The van der Waals surface area contributed by atoms with Crippen LogP contribution in [0, 0.1) is 12.7 Å². The third-order valence-electron chi connectivity index (χ3n) is 4.92. The number of piperidine rings is 1. The molecule has 0 amide bonds. The van der Waals surface area contributed by atoms with Gasteiger partial charge in [-0.05, 0) is 68.1 Å². The Bertz CT molecular complexity index is 709. The highest BCUT2D eigenvalue weighted by Gasteiger charge is 2.40. The molecule has 0 atom stereocenters. The van der Waals surface area contributed by atoms with Gasteiger partial charge in [0, 0.05) is 9.75 Å². The van der Waals surface area contributed by atoms with E-state index in [0.29, 0.717) is 0 Å². The average Bonchev–Trinajstić information content (AvgIpc) is 2.97. The maximum Gasteiger partial charge on any atom is 0.126 e. The molecule has 0 aliphatic carbocycles. The summed E-state index contributed by atoms with van der Waals surface area (Å²) in [5, 5.41) is 3.42. The minimum Gasteiger partial charge on any atom is -0.369 e. The van der Waals surface area contributed by atoms with Crippen molar-refractivity contribution in [1.82, 2.24) is 5.32 Å². The highest BCUT2D eigenvalue weighted by Crippen LogP contribution is 2.47. The zero-order chi connectivity index (χ0) is 15.2. The van der Waals surface area contributed by atoms with E-state index in [1.165, 1.54) is 21.4 Å². The molecule has 1 fully saturated rings. The zero-order valence-corrected chi connectivity index (χ0v) is 14.8. The topological polar surface area (TPSA) is 21.3 Å². The third-order valence-corrected chi connectivity index (χ3v) is 6.31. The molecular formula is C18H21ClFNOS. The van der Waals surface area contributed by atoms with Gasteiger partial charge < -0.3 is 10.1 Å². The number of hydrogen-bond acceptors (Lipinski definition) is 3. The van der Waals surface area contributed by atoms with Crippen molar-refractivity contribution in [3.05, 3.63) is 46.1 Å². The van der Waals surface area contributed by atoms with Crippen molar-refractivity contribution in [2.75, 3.05) is 19.7 Å². The van der Waals surface area contributed by atoms with Crippen molar-refractivity contribution in [2.24, 2.45) is 0 Å². The lowest BCUT2D eigenvalue weighted by Gasteiger charge is -2.40. The van der Waals surface area contributed by atoms with Crippen molar-refractivity contribution in [2.45, 2.75) is 31.8 Å². The molecule has 0 saturated carbocycles. The maximum atomic E-state index is 13.9. The van der Waals surface area contributed by atoms with Gasteiger partial charge in [-0.2, -0.15) is 0 Å². The van der Waals surface area contributed by atoms with Crippen molar-refractivity contribution in [3.8, 4) is 10.4 Å². The number of benzene rings is 1. The summed E-state index contributed by atoms with van der Waals surface area (Å²) in [6, 6.07) is 7.61. The van der Waals surface area contributed by atoms with Crippen LogP contribution >= 0.6 is 23.7 Å². The molecule has 2 nitrogen and oxygen atoms in total. The van der Waals surface area contributed by atoms with Crippen LogP contribution in [0.4, 0.5) is 4.39 Å². The molecule has 23 heavy (non-hydrogen) atoms.